The molecule has 7 heteroatoms. The molecule has 0 saturated carbocycles. The Morgan fingerprint density at radius 2 is 2.04 bits per heavy atom. The number of alkyl halides is 3. The van der Waals surface area contributed by atoms with Crippen LogP contribution in [0, 0.1) is 0 Å². The Balaban J connectivity index is 1.89. The summed E-state index contributed by atoms with van der Waals surface area (Å²) in [6.45, 7) is 2.74. The summed E-state index contributed by atoms with van der Waals surface area (Å²) in [7, 11) is 0. The van der Waals surface area contributed by atoms with E-state index in [0.29, 0.717) is 13.1 Å². The summed E-state index contributed by atoms with van der Waals surface area (Å²) in [5.74, 6) is -0.101. The van der Waals surface area contributed by atoms with E-state index < -0.39 is 11.7 Å². The number of nitrogens with one attached hydrogen (secondary N) is 1. The van der Waals surface area contributed by atoms with E-state index >= 15 is 0 Å². The predicted octanol–water partition coefficient (Wildman–Crippen LogP) is 2.98. The molecule has 4 nitrogen and oxygen atoms in total. The maximum atomic E-state index is 12.5. The summed E-state index contributed by atoms with van der Waals surface area (Å²) in [4.78, 5) is 13.7. The van der Waals surface area contributed by atoms with E-state index in [0.717, 1.165) is 30.5 Å². The summed E-state index contributed by atoms with van der Waals surface area (Å²) in [6.07, 6.45) is -2.68. The smallest absolute Gasteiger partial charge is 0.394 e. The zero-order valence-electron chi connectivity index (χ0n) is 12.9. The number of urea groups is 1. The molecule has 2 N–H and O–H groups in total. The number of hydrogen-bond donors (Lipinski definition) is 2. The largest absolute Gasteiger partial charge is 0.416 e. The fraction of sp³-hybridized carbons (Fsp3) is 0.562. The van der Waals surface area contributed by atoms with Crippen LogP contribution in [0.1, 0.15) is 36.8 Å². The van der Waals surface area contributed by atoms with Gasteiger partial charge in [-0.25, -0.2) is 4.79 Å². The number of nitrogens with zero attached hydrogens (tertiary/aromatic N) is 1. The molecule has 2 amide bonds. The molecule has 1 aromatic carbocycles. The van der Waals surface area contributed by atoms with Gasteiger partial charge in [0.05, 0.1) is 18.2 Å². The number of hydrogen-bond acceptors (Lipinski definition) is 2. The summed E-state index contributed by atoms with van der Waals surface area (Å²) < 4.78 is 37.6. The number of likely N-dealkylation sites (tertiary alicyclic amines) is 1. The maximum Gasteiger partial charge on any atom is 0.416 e. The van der Waals surface area contributed by atoms with E-state index in [-0.39, 0.29) is 24.6 Å². The molecule has 0 unspecified atom stereocenters. The quantitative estimate of drug-likeness (QED) is 0.892. The van der Waals surface area contributed by atoms with E-state index in [9.17, 15) is 23.1 Å². The topological polar surface area (TPSA) is 52.6 Å². The number of carbonyl (C=O) groups is 1. The second-order valence-corrected chi connectivity index (χ2v) is 5.88. The van der Waals surface area contributed by atoms with Crippen molar-refractivity contribution in [1.29, 1.82) is 0 Å². The first-order valence-electron chi connectivity index (χ1n) is 7.65. The van der Waals surface area contributed by atoms with Crippen LogP contribution in [-0.4, -0.2) is 41.8 Å². The van der Waals surface area contributed by atoms with Gasteiger partial charge in [0.25, 0.3) is 0 Å². The number of aliphatic hydroxyl groups is 1. The third kappa shape index (κ3) is 4.37. The lowest BCUT2D eigenvalue weighted by Gasteiger charge is -2.24. The molecular formula is C16H21F3N2O2. The third-order valence-electron chi connectivity index (χ3n) is 4.22. The number of halogens is 3. The standard InChI is InChI=1S/C16H21F3N2O2/c1-11(12-4-6-13(7-5-12)16(17,18)19)9-20-15(23)21-8-2-3-14(21)10-22/h4-7,11,14,22H,2-3,8-10H2,1H3,(H,20,23)/t11-,14-/m0/s1. The Bertz CT molecular complexity index is 531. The Hall–Kier alpha value is -1.76. The molecule has 23 heavy (non-hydrogen) atoms. The van der Waals surface area contributed by atoms with Crippen molar-refractivity contribution in [3.63, 3.8) is 0 Å². The van der Waals surface area contributed by atoms with Gasteiger partial charge in [0.2, 0.25) is 0 Å². The zero-order valence-corrected chi connectivity index (χ0v) is 12.9. The van der Waals surface area contributed by atoms with Crippen LogP contribution in [0.25, 0.3) is 0 Å². The lowest BCUT2D eigenvalue weighted by Crippen LogP contribution is -2.45. The maximum absolute atomic E-state index is 12.5. The predicted molar refractivity (Wildman–Crippen MR) is 80.1 cm³/mol. The molecule has 0 bridgehead atoms. The van der Waals surface area contributed by atoms with Crippen LogP contribution in [-0.2, 0) is 6.18 Å². The molecule has 2 rings (SSSR count). The Labute approximate surface area is 133 Å². The average Bonchev–Trinajstić information content (AvgIpc) is 3.00. The minimum atomic E-state index is -4.34. The molecule has 128 valence electrons. The van der Waals surface area contributed by atoms with Crippen LogP contribution in [0.5, 0.6) is 0 Å². The SMILES string of the molecule is C[C@@H](CNC(=O)N1CCC[C@H]1CO)c1ccc(C(F)(F)F)cc1. The van der Waals surface area contributed by atoms with E-state index in [1.54, 1.807) is 4.90 Å². The molecule has 1 saturated heterocycles. The van der Waals surface area contributed by atoms with Crippen molar-refractivity contribution in [2.45, 2.75) is 37.9 Å². The summed E-state index contributed by atoms with van der Waals surface area (Å²) in [6, 6.07) is 4.60. The second kappa shape index (κ2) is 7.21. The van der Waals surface area contributed by atoms with Crippen molar-refractivity contribution in [3.8, 4) is 0 Å². The fourth-order valence-corrected chi connectivity index (χ4v) is 2.75. The molecule has 2 atom stereocenters. The number of benzene rings is 1. The first-order valence-corrected chi connectivity index (χ1v) is 7.65. The minimum absolute atomic E-state index is 0.0537. The van der Waals surface area contributed by atoms with Gasteiger partial charge < -0.3 is 15.3 Å². The number of amides is 2. The second-order valence-electron chi connectivity index (χ2n) is 5.88. The van der Waals surface area contributed by atoms with Crippen molar-refractivity contribution < 1.29 is 23.1 Å². The van der Waals surface area contributed by atoms with Gasteiger partial charge in [0.15, 0.2) is 0 Å². The molecule has 1 aromatic rings. The normalized spacial score (nSPS) is 19.7. The van der Waals surface area contributed by atoms with Gasteiger partial charge in [-0.3, -0.25) is 0 Å². The van der Waals surface area contributed by atoms with Gasteiger partial charge in [-0.1, -0.05) is 19.1 Å². The van der Waals surface area contributed by atoms with Gasteiger partial charge in [-0.15, -0.1) is 0 Å². The number of carbonyl (C=O) groups excluding carboxylic acids is 1. The van der Waals surface area contributed by atoms with E-state index in [1.165, 1.54) is 12.1 Å². The molecular weight excluding hydrogens is 309 g/mol. The van der Waals surface area contributed by atoms with Crippen LogP contribution in [0.15, 0.2) is 24.3 Å². The Morgan fingerprint density at radius 1 is 1.39 bits per heavy atom. The molecule has 1 heterocycles. The first-order chi connectivity index (χ1) is 10.8. The molecule has 0 aromatic heterocycles. The molecule has 1 aliphatic rings. The number of aliphatic hydroxyl groups excluding tert-OH is 1. The number of rotatable bonds is 4. The van der Waals surface area contributed by atoms with Crippen molar-refractivity contribution >= 4 is 6.03 Å². The summed E-state index contributed by atoms with van der Waals surface area (Å²) in [5.41, 5.74) is 0.0544. The van der Waals surface area contributed by atoms with Gasteiger partial charge in [-0.2, -0.15) is 13.2 Å². The zero-order chi connectivity index (χ0) is 17.0. The highest BCUT2D eigenvalue weighted by Gasteiger charge is 2.30. The summed E-state index contributed by atoms with van der Waals surface area (Å²) >= 11 is 0. The highest BCUT2D eigenvalue weighted by atomic mass is 19.4. The van der Waals surface area contributed by atoms with E-state index in [4.69, 9.17) is 0 Å². The highest BCUT2D eigenvalue weighted by Crippen LogP contribution is 2.30. The fourth-order valence-electron chi connectivity index (χ4n) is 2.75. The molecule has 0 aliphatic carbocycles. The highest BCUT2D eigenvalue weighted by molar-refractivity contribution is 5.75. The van der Waals surface area contributed by atoms with Gasteiger partial charge in [-0.05, 0) is 36.5 Å². The monoisotopic (exact) mass is 330 g/mol. The molecule has 1 aliphatic heterocycles. The molecule has 1 fully saturated rings. The Kier molecular flexibility index (Phi) is 5.51. The van der Waals surface area contributed by atoms with Crippen LogP contribution < -0.4 is 5.32 Å². The third-order valence-corrected chi connectivity index (χ3v) is 4.22. The lowest BCUT2D eigenvalue weighted by molar-refractivity contribution is -0.137. The van der Waals surface area contributed by atoms with Crippen molar-refractivity contribution in [1.82, 2.24) is 10.2 Å². The van der Waals surface area contributed by atoms with Gasteiger partial charge in [0, 0.05) is 13.1 Å². The van der Waals surface area contributed by atoms with E-state index in [2.05, 4.69) is 5.32 Å². The lowest BCUT2D eigenvalue weighted by atomic mass is 10.00. The first kappa shape index (κ1) is 17.6. The summed E-state index contributed by atoms with van der Waals surface area (Å²) in [5, 5.41) is 12.0. The van der Waals surface area contributed by atoms with Gasteiger partial charge >= 0.3 is 12.2 Å². The molecule has 0 spiro atoms. The molecule has 0 radical (unpaired) electrons. The Morgan fingerprint density at radius 3 is 2.61 bits per heavy atom. The van der Waals surface area contributed by atoms with Crippen molar-refractivity contribution in [2.24, 2.45) is 0 Å². The average molecular weight is 330 g/mol. The van der Waals surface area contributed by atoms with Gasteiger partial charge in [0.1, 0.15) is 0 Å². The van der Waals surface area contributed by atoms with Crippen LogP contribution in [0.2, 0.25) is 0 Å². The van der Waals surface area contributed by atoms with Crippen molar-refractivity contribution in [2.75, 3.05) is 19.7 Å². The van der Waals surface area contributed by atoms with Crippen molar-refractivity contribution in [3.05, 3.63) is 35.4 Å². The minimum Gasteiger partial charge on any atom is -0.394 e. The van der Waals surface area contributed by atoms with E-state index in [1.807, 2.05) is 6.92 Å². The van der Waals surface area contributed by atoms with Crippen LogP contribution in [0.3, 0.4) is 0 Å². The van der Waals surface area contributed by atoms with Crippen LogP contribution >= 0.6 is 0 Å². The van der Waals surface area contributed by atoms with Crippen LogP contribution in [0.4, 0.5) is 18.0 Å².